The molecule has 0 saturated heterocycles. The smallest absolute Gasteiger partial charge is 0.351 e. The number of hydrogen-bond acceptors (Lipinski definition) is 2. The van der Waals surface area contributed by atoms with Crippen LogP contribution in [0.4, 0.5) is 8.78 Å². The van der Waals surface area contributed by atoms with Gasteiger partial charge in [-0.15, -0.1) is 0 Å². The molecule has 1 amide bonds. The molecule has 3 nitrogen and oxygen atoms in total. The zero-order valence-corrected chi connectivity index (χ0v) is 9.02. The van der Waals surface area contributed by atoms with Crippen molar-refractivity contribution in [2.24, 2.45) is 0 Å². The van der Waals surface area contributed by atoms with Gasteiger partial charge in [0.1, 0.15) is 5.60 Å². The minimum absolute atomic E-state index is 0.161. The van der Waals surface area contributed by atoms with Crippen LogP contribution in [0.2, 0.25) is 0 Å². The van der Waals surface area contributed by atoms with Crippen LogP contribution in [-0.4, -0.2) is 28.6 Å². The highest BCUT2D eigenvalue weighted by atomic mass is 19.3. The van der Waals surface area contributed by atoms with Crippen LogP contribution >= 0.6 is 0 Å². The summed E-state index contributed by atoms with van der Waals surface area (Å²) in [6.07, 6.45) is 3.40. The molecule has 0 aromatic heterocycles. The average Bonchev–Trinajstić information content (AvgIpc) is 2.54. The lowest BCUT2D eigenvalue weighted by molar-refractivity contribution is -0.183. The molecule has 0 aromatic rings. The van der Waals surface area contributed by atoms with Crippen molar-refractivity contribution in [2.75, 3.05) is 0 Å². The molecule has 1 aliphatic carbocycles. The van der Waals surface area contributed by atoms with Gasteiger partial charge in [-0.2, -0.15) is 8.78 Å². The molecule has 0 aliphatic heterocycles. The first kappa shape index (κ1) is 12.4. The fourth-order valence-electron chi connectivity index (χ4n) is 1.62. The molecule has 0 radical (unpaired) electrons. The van der Waals surface area contributed by atoms with Crippen molar-refractivity contribution in [2.45, 2.75) is 57.1 Å². The first-order valence-electron chi connectivity index (χ1n) is 5.16. The summed E-state index contributed by atoms with van der Waals surface area (Å²) in [5.41, 5.74) is -2.32. The predicted octanol–water partition coefficient (Wildman–Crippen LogP) is 1.45. The Bertz CT molecular complexity index is 242. The Morgan fingerprint density at radius 3 is 2.20 bits per heavy atom. The second kappa shape index (κ2) is 4.04. The van der Waals surface area contributed by atoms with Crippen LogP contribution in [-0.2, 0) is 4.79 Å². The van der Waals surface area contributed by atoms with E-state index in [4.69, 9.17) is 0 Å². The summed E-state index contributed by atoms with van der Waals surface area (Å²) in [6, 6.07) is -0.161. The molecule has 1 fully saturated rings. The number of amides is 1. The maximum Gasteiger partial charge on any atom is 0.351 e. The Labute approximate surface area is 87.9 Å². The predicted molar refractivity (Wildman–Crippen MR) is 51.6 cm³/mol. The van der Waals surface area contributed by atoms with E-state index in [0.29, 0.717) is 0 Å². The number of hydrogen-bond donors (Lipinski definition) is 2. The minimum atomic E-state index is -3.74. The van der Waals surface area contributed by atoms with Crippen LogP contribution in [0.5, 0.6) is 0 Å². The Morgan fingerprint density at radius 1 is 1.33 bits per heavy atom. The van der Waals surface area contributed by atoms with Crippen LogP contribution in [0.25, 0.3) is 0 Å². The van der Waals surface area contributed by atoms with E-state index < -0.39 is 17.4 Å². The van der Waals surface area contributed by atoms with Gasteiger partial charge in [-0.25, -0.2) is 0 Å². The highest BCUT2D eigenvalue weighted by Crippen LogP contribution is 2.29. The fourth-order valence-corrected chi connectivity index (χ4v) is 1.62. The second-order valence-electron chi connectivity index (χ2n) is 4.59. The van der Waals surface area contributed by atoms with Crippen LogP contribution in [0.1, 0.15) is 39.5 Å². The van der Waals surface area contributed by atoms with Crippen molar-refractivity contribution in [3.05, 3.63) is 0 Å². The van der Waals surface area contributed by atoms with Crippen molar-refractivity contribution >= 4 is 5.91 Å². The summed E-state index contributed by atoms with van der Waals surface area (Å²) in [6.45, 7) is 1.86. The Kier molecular flexibility index (Phi) is 3.33. The number of halogens is 2. The van der Waals surface area contributed by atoms with Gasteiger partial charge in [0.15, 0.2) is 0 Å². The van der Waals surface area contributed by atoms with Crippen molar-refractivity contribution in [3.8, 4) is 0 Å². The summed E-state index contributed by atoms with van der Waals surface area (Å²) in [5.74, 6) is -5.11. The summed E-state index contributed by atoms with van der Waals surface area (Å²) >= 11 is 0. The van der Waals surface area contributed by atoms with Crippen molar-refractivity contribution in [3.63, 3.8) is 0 Å². The quantitative estimate of drug-likeness (QED) is 0.757. The first-order chi connectivity index (χ1) is 6.75. The second-order valence-corrected chi connectivity index (χ2v) is 4.59. The molecule has 5 heteroatoms. The van der Waals surface area contributed by atoms with E-state index in [1.807, 2.05) is 0 Å². The van der Waals surface area contributed by atoms with Gasteiger partial charge in [-0.3, -0.25) is 4.79 Å². The zero-order valence-electron chi connectivity index (χ0n) is 9.02. The summed E-state index contributed by atoms with van der Waals surface area (Å²) in [7, 11) is 0. The molecular formula is C10H17F2NO2. The number of aliphatic hydroxyl groups is 1. The number of carbonyl (C=O) groups excluding carboxylic acids is 1. The van der Waals surface area contributed by atoms with Gasteiger partial charge in [0.05, 0.1) is 0 Å². The zero-order chi connectivity index (χ0) is 11.7. The lowest BCUT2D eigenvalue weighted by Gasteiger charge is -2.28. The Morgan fingerprint density at radius 2 is 1.80 bits per heavy atom. The third-order valence-corrected chi connectivity index (χ3v) is 2.74. The van der Waals surface area contributed by atoms with Crippen LogP contribution in [0.3, 0.4) is 0 Å². The van der Waals surface area contributed by atoms with Crippen molar-refractivity contribution in [1.29, 1.82) is 0 Å². The van der Waals surface area contributed by atoms with E-state index in [-0.39, 0.29) is 6.04 Å². The van der Waals surface area contributed by atoms with Gasteiger partial charge in [-0.05, 0) is 26.7 Å². The maximum absolute atomic E-state index is 13.3. The van der Waals surface area contributed by atoms with Gasteiger partial charge >= 0.3 is 5.92 Å². The molecule has 0 aromatic carbocycles. The molecular weight excluding hydrogens is 204 g/mol. The van der Waals surface area contributed by atoms with E-state index in [2.05, 4.69) is 5.32 Å². The molecule has 0 atom stereocenters. The largest absolute Gasteiger partial charge is 0.384 e. The van der Waals surface area contributed by atoms with Crippen LogP contribution in [0, 0.1) is 0 Å². The first-order valence-corrected chi connectivity index (χ1v) is 5.16. The lowest BCUT2D eigenvalue weighted by Crippen LogP contribution is -2.55. The topological polar surface area (TPSA) is 49.3 Å². The monoisotopic (exact) mass is 221 g/mol. The van der Waals surface area contributed by atoms with E-state index in [9.17, 15) is 18.7 Å². The summed E-state index contributed by atoms with van der Waals surface area (Å²) in [4.78, 5) is 11.2. The number of carbonyl (C=O) groups is 1. The van der Waals surface area contributed by atoms with Gasteiger partial charge < -0.3 is 10.4 Å². The van der Waals surface area contributed by atoms with Gasteiger partial charge in [0.25, 0.3) is 5.91 Å². The number of rotatable bonds is 3. The van der Waals surface area contributed by atoms with Crippen molar-refractivity contribution < 1.29 is 18.7 Å². The van der Waals surface area contributed by atoms with E-state index in [1.165, 1.54) is 0 Å². The summed E-state index contributed by atoms with van der Waals surface area (Å²) < 4.78 is 26.6. The molecule has 2 N–H and O–H groups in total. The third-order valence-electron chi connectivity index (χ3n) is 2.74. The highest BCUT2D eigenvalue weighted by Gasteiger charge is 2.52. The maximum atomic E-state index is 13.3. The van der Waals surface area contributed by atoms with Gasteiger partial charge in [-0.1, -0.05) is 12.8 Å². The van der Waals surface area contributed by atoms with E-state index >= 15 is 0 Å². The lowest BCUT2D eigenvalue weighted by atomic mass is 9.99. The Balaban J connectivity index is 2.59. The van der Waals surface area contributed by atoms with E-state index in [1.54, 1.807) is 0 Å². The summed E-state index contributed by atoms with van der Waals surface area (Å²) in [5, 5.41) is 11.5. The highest BCUT2D eigenvalue weighted by molar-refractivity contribution is 5.85. The minimum Gasteiger partial charge on any atom is -0.384 e. The molecule has 0 spiro atoms. The van der Waals surface area contributed by atoms with Crippen LogP contribution in [0.15, 0.2) is 0 Å². The number of nitrogens with one attached hydrogen (secondary N) is 1. The normalized spacial score (nSPS) is 19.3. The standard InChI is InChI=1S/C10H17F2NO2/c1-9(2,15)10(11,12)8(14)13-7-5-3-4-6-7/h7,15H,3-6H2,1-2H3,(H,13,14). The Hall–Kier alpha value is -0.710. The fraction of sp³-hybridized carbons (Fsp3) is 0.900. The SMILES string of the molecule is CC(C)(O)C(F)(F)C(=O)NC1CCCC1. The molecule has 15 heavy (non-hydrogen) atoms. The van der Waals surface area contributed by atoms with Gasteiger partial charge in [0.2, 0.25) is 0 Å². The molecule has 88 valence electrons. The number of alkyl halides is 2. The van der Waals surface area contributed by atoms with E-state index in [0.717, 1.165) is 39.5 Å². The molecule has 0 bridgehead atoms. The van der Waals surface area contributed by atoms with Gasteiger partial charge in [0, 0.05) is 6.04 Å². The molecule has 1 aliphatic rings. The molecule has 0 unspecified atom stereocenters. The third kappa shape index (κ3) is 2.65. The molecule has 1 saturated carbocycles. The molecule has 0 heterocycles. The molecule has 1 rings (SSSR count). The van der Waals surface area contributed by atoms with Crippen LogP contribution < -0.4 is 5.32 Å². The average molecular weight is 221 g/mol. The van der Waals surface area contributed by atoms with Crippen molar-refractivity contribution in [1.82, 2.24) is 5.32 Å².